The van der Waals surface area contributed by atoms with Crippen LogP contribution in [0.4, 0.5) is 11.4 Å². The Morgan fingerprint density at radius 1 is 1.00 bits per heavy atom. The average molecular weight is 264 g/mol. The summed E-state index contributed by atoms with van der Waals surface area (Å²) in [5.41, 5.74) is 12.1. The molecule has 5 nitrogen and oxygen atoms in total. The SMILES string of the molecule is Nc1cccc(Oc2ccccc2S(=O)O)c1N. The topological polar surface area (TPSA) is 98.6 Å². The molecule has 0 fully saturated rings. The second-order valence-corrected chi connectivity index (χ2v) is 4.50. The van der Waals surface area contributed by atoms with Crippen LogP contribution in [0.5, 0.6) is 11.5 Å². The largest absolute Gasteiger partial charge is 0.454 e. The van der Waals surface area contributed by atoms with Crippen LogP contribution >= 0.6 is 0 Å². The third-order valence-corrected chi connectivity index (χ3v) is 3.07. The molecule has 0 saturated carbocycles. The maximum absolute atomic E-state index is 11.1. The van der Waals surface area contributed by atoms with Crippen LogP contribution in [-0.4, -0.2) is 8.76 Å². The highest BCUT2D eigenvalue weighted by molar-refractivity contribution is 7.79. The molecule has 2 rings (SSSR count). The van der Waals surface area contributed by atoms with E-state index in [1.807, 2.05) is 0 Å². The van der Waals surface area contributed by atoms with E-state index >= 15 is 0 Å². The van der Waals surface area contributed by atoms with Crippen molar-refractivity contribution in [1.82, 2.24) is 0 Å². The molecule has 6 heteroatoms. The summed E-state index contributed by atoms with van der Waals surface area (Å²) in [5.74, 6) is 0.628. The summed E-state index contributed by atoms with van der Waals surface area (Å²) < 4.78 is 25.8. The lowest BCUT2D eigenvalue weighted by molar-refractivity contribution is 0.468. The van der Waals surface area contributed by atoms with E-state index in [0.717, 1.165) is 0 Å². The van der Waals surface area contributed by atoms with Crippen LogP contribution in [0.15, 0.2) is 47.4 Å². The highest BCUT2D eigenvalue weighted by Crippen LogP contribution is 2.33. The number of nitrogens with two attached hydrogens (primary N) is 2. The van der Waals surface area contributed by atoms with Gasteiger partial charge in [0.1, 0.15) is 10.6 Å². The molecule has 0 aliphatic heterocycles. The van der Waals surface area contributed by atoms with E-state index in [1.165, 1.54) is 6.07 Å². The van der Waals surface area contributed by atoms with Gasteiger partial charge >= 0.3 is 0 Å². The van der Waals surface area contributed by atoms with Gasteiger partial charge in [-0.05, 0) is 24.3 Å². The van der Waals surface area contributed by atoms with E-state index in [2.05, 4.69) is 0 Å². The second kappa shape index (κ2) is 5.07. The van der Waals surface area contributed by atoms with Gasteiger partial charge < -0.3 is 20.8 Å². The molecular weight excluding hydrogens is 252 g/mol. The van der Waals surface area contributed by atoms with Crippen LogP contribution in [0.3, 0.4) is 0 Å². The van der Waals surface area contributed by atoms with Gasteiger partial charge in [-0.15, -0.1) is 0 Å². The first kappa shape index (κ1) is 12.4. The van der Waals surface area contributed by atoms with Gasteiger partial charge in [0, 0.05) is 0 Å². The van der Waals surface area contributed by atoms with Crippen molar-refractivity contribution in [3.05, 3.63) is 42.5 Å². The first-order valence-corrected chi connectivity index (χ1v) is 6.22. The summed E-state index contributed by atoms with van der Waals surface area (Å²) in [6.07, 6.45) is 0. The van der Waals surface area contributed by atoms with E-state index < -0.39 is 11.1 Å². The number of rotatable bonds is 3. The smallest absolute Gasteiger partial charge is 0.190 e. The highest BCUT2D eigenvalue weighted by Gasteiger charge is 2.11. The van der Waals surface area contributed by atoms with E-state index in [0.29, 0.717) is 17.1 Å². The fourth-order valence-electron chi connectivity index (χ4n) is 1.45. The summed E-state index contributed by atoms with van der Waals surface area (Å²) in [4.78, 5) is 0.180. The first-order valence-electron chi connectivity index (χ1n) is 5.11. The minimum Gasteiger partial charge on any atom is -0.454 e. The maximum Gasteiger partial charge on any atom is 0.190 e. The number of hydrogen-bond acceptors (Lipinski definition) is 4. The lowest BCUT2D eigenvalue weighted by atomic mass is 10.2. The van der Waals surface area contributed by atoms with Gasteiger partial charge in [0.25, 0.3) is 0 Å². The molecule has 1 atom stereocenters. The Labute approximate surface area is 107 Å². The maximum atomic E-state index is 11.1. The summed E-state index contributed by atoms with van der Waals surface area (Å²) in [5, 5.41) is 0. The Bertz CT molecular complexity index is 602. The Kier molecular flexibility index (Phi) is 3.50. The molecule has 0 radical (unpaired) electrons. The average Bonchev–Trinajstić information content (AvgIpc) is 2.35. The van der Waals surface area contributed by atoms with Gasteiger partial charge in [-0.1, -0.05) is 18.2 Å². The van der Waals surface area contributed by atoms with Crippen LogP contribution in [-0.2, 0) is 11.1 Å². The highest BCUT2D eigenvalue weighted by atomic mass is 32.2. The first-order chi connectivity index (χ1) is 8.59. The standard InChI is InChI=1S/C12H12N2O3S/c13-8-4-3-6-10(12(8)14)17-9-5-1-2-7-11(9)18(15)16/h1-7H,13-14H2,(H,15,16). The van der Waals surface area contributed by atoms with Crippen molar-refractivity contribution in [2.45, 2.75) is 4.90 Å². The van der Waals surface area contributed by atoms with Gasteiger partial charge in [-0.25, -0.2) is 4.21 Å². The fraction of sp³-hybridized carbons (Fsp3) is 0. The minimum absolute atomic E-state index is 0.180. The molecule has 0 aliphatic rings. The van der Waals surface area contributed by atoms with E-state index in [1.54, 1.807) is 36.4 Å². The summed E-state index contributed by atoms with van der Waals surface area (Å²) >= 11 is -2.12. The molecule has 0 bridgehead atoms. The molecule has 0 saturated heterocycles. The van der Waals surface area contributed by atoms with E-state index in [4.69, 9.17) is 20.8 Å². The molecule has 0 heterocycles. The Morgan fingerprint density at radius 3 is 2.39 bits per heavy atom. The van der Waals surface area contributed by atoms with Crippen molar-refractivity contribution in [2.75, 3.05) is 11.5 Å². The molecular formula is C12H12N2O3S. The predicted octanol–water partition coefficient (Wildman–Crippen LogP) is 2.22. The van der Waals surface area contributed by atoms with Crippen molar-refractivity contribution in [2.24, 2.45) is 0 Å². The summed E-state index contributed by atoms with van der Waals surface area (Å²) in [6.45, 7) is 0. The van der Waals surface area contributed by atoms with E-state index in [-0.39, 0.29) is 10.6 Å². The van der Waals surface area contributed by atoms with Crippen LogP contribution in [0.2, 0.25) is 0 Å². The minimum atomic E-state index is -2.12. The lowest BCUT2D eigenvalue weighted by Gasteiger charge is -2.11. The third kappa shape index (κ3) is 2.44. The number of hydrogen-bond donors (Lipinski definition) is 3. The molecule has 1 unspecified atom stereocenters. The monoisotopic (exact) mass is 264 g/mol. The van der Waals surface area contributed by atoms with Crippen molar-refractivity contribution >= 4 is 22.5 Å². The van der Waals surface area contributed by atoms with Gasteiger partial charge in [-0.2, -0.15) is 0 Å². The van der Waals surface area contributed by atoms with E-state index in [9.17, 15) is 4.21 Å². The lowest BCUT2D eigenvalue weighted by Crippen LogP contribution is -1.99. The van der Waals surface area contributed by atoms with Gasteiger partial charge in [0.2, 0.25) is 0 Å². The van der Waals surface area contributed by atoms with Crippen molar-refractivity contribution in [3.8, 4) is 11.5 Å². The number of anilines is 2. The normalized spacial score (nSPS) is 12.1. The third-order valence-electron chi connectivity index (χ3n) is 2.36. The predicted molar refractivity (Wildman–Crippen MR) is 70.8 cm³/mol. The van der Waals surface area contributed by atoms with Crippen LogP contribution < -0.4 is 16.2 Å². The fourth-order valence-corrected chi connectivity index (χ4v) is 1.92. The molecule has 0 amide bonds. The molecule has 0 aliphatic carbocycles. The van der Waals surface area contributed by atoms with Gasteiger partial charge in [0.05, 0.1) is 11.4 Å². The van der Waals surface area contributed by atoms with Gasteiger partial charge in [-0.3, -0.25) is 0 Å². The number of para-hydroxylation sites is 2. The molecule has 2 aromatic rings. The molecule has 18 heavy (non-hydrogen) atoms. The Balaban J connectivity index is 2.40. The molecule has 94 valence electrons. The molecule has 2 aromatic carbocycles. The van der Waals surface area contributed by atoms with Gasteiger partial charge in [0.15, 0.2) is 16.8 Å². The quantitative estimate of drug-likeness (QED) is 0.583. The molecule has 5 N–H and O–H groups in total. The van der Waals surface area contributed by atoms with Crippen molar-refractivity contribution in [1.29, 1.82) is 0 Å². The van der Waals surface area contributed by atoms with Crippen molar-refractivity contribution < 1.29 is 13.5 Å². The van der Waals surface area contributed by atoms with Crippen LogP contribution in [0.25, 0.3) is 0 Å². The molecule has 0 aromatic heterocycles. The number of ether oxygens (including phenoxy) is 1. The Morgan fingerprint density at radius 2 is 1.67 bits per heavy atom. The molecule has 0 spiro atoms. The zero-order valence-electron chi connectivity index (χ0n) is 9.37. The zero-order chi connectivity index (χ0) is 13.1. The Hall–Kier alpha value is -2.05. The van der Waals surface area contributed by atoms with Crippen molar-refractivity contribution in [3.63, 3.8) is 0 Å². The second-order valence-electron chi connectivity index (χ2n) is 3.56. The van der Waals surface area contributed by atoms with Crippen LogP contribution in [0.1, 0.15) is 0 Å². The summed E-state index contributed by atoms with van der Waals surface area (Å²) in [7, 11) is 0. The zero-order valence-corrected chi connectivity index (χ0v) is 10.2. The number of benzene rings is 2. The van der Waals surface area contributed by atoms with Crippen LogP contribution in [0, 0.1) is 0 Å². The number of nitrogen functional groups attached to an aromatic ring is 2. The summed E-state index contributed by atoms with van der Waals surface area (Å²) in [6, 6.07) is 11.4.